The van der Waals surface area contributed by atoms with Crippen molar-refractivity contribution in [1.82, 2.24) is 10.9 Å². The van der Waals surface area contributed by atoms with Gasteiger partial charge in [0.15, 0.2) is 0 Å². The molecule has 128 valence electrons. The number of hydrogen-bond donors (Lipinski definition) is 2. The molecule has 0 saturated heterocycles. The van der Waals surface area contributed by atoms with Crippen molar-refractivity contribution in [2.75, 3.05) is 0 Å². The van der Waals surface area contributed by atoms with Crippen LogP contribution in [-0.2, 0) is 11.2 Å². The molecule has 2 amide bonds. The molecular weight excluding hydrogens is 343 g/mol. The quantitative estimate of drug-likeness (QED) is 0.685. The molecule has 7 heteroatoms. The summed E-state index contributed by atoms with van der Waals surface area (Å²) in [7, 11) is 0. The molecule has 0 aliphatic rings. The Morgan fingerprint density at radius 3 is 2.56 bits per heavy atom. The first-order valence-corrected chi connectivity index (χ1v) is 8.41. The maximum atomic E-state index is 13.0. The van der Waals surface area contributed by atoms with Crippen LogP contribution in [0.3, 0.4) is 0 Å². The van der Waals surface area contributed by atoms with Gasteiger partial charge in [-0.2, -0.15) is 0 Å². The smallest absolute Gasteiger partial charge is 0.279 e. The molecule has 0 atom stereocenters. The van der Waals surface area contributed by atoms with Crippen molar-refractivity contribution in [3.8, 4) is 10.4 Å². The first kappa shape index (κ1) is 16.9. The molecule has 3 aromatic rings. The number of furan rings is 1. The van der Waals surface area contributed by atoms with Gasteiger partial charge >= 0.3 is 0 Å². The van der Waals surface area contributed by atoms with E-state index < -0.39 is 5.91 Å². The molecule has 0 fully saturated rings. The highest BCUT2D eigenvalue weighted by Crippen LogP contribution is 2.28. The molecule has 0 radical (unpaired) electrons. The van der Waals surface area contributed by atoms with Gasteiger partial charge in [0.25, 0.3) is 5.91 Å². The van der Waals surface area contributed by atoms with E-state index in [1.54, 1.807) is 42.7 Å². The van der Waals surface area contributed by atoms with Gasteiger partial charge in [-0.05, 0) is 42.0 Å². The number of hydrogen-bond acceptors (Lipinski definition) is 4. The molecule has 3 rings (SSSR count). The number of rotatable bonds is 5. The molecule has 0 aliphatic carbocycles. The van der Waals surface area contributed by atoms with Crippen molar-refractivity contribution >= 4 is 23.2 Å². The molecule has 25 heavy (non-hydrogen) atoms. The standard InChI is InChI=1S/C18H15FN2O3S/c19-13-5-3-12(4-6-13)15-8-9-16(25-15)18(23)21-20-17(22)10-7-14-2-1-11-24-14/h1-6,8-9,11H,7,10H2,(H,20,22)(H,21,23). The van der Waals surface area contributed by atoms with E-state index in [-0.39, 0.29) is 18.1 Å². The van der Waals surface area contributed by atoms with Crippen LogP contribution in [0.5, 0.6) is 0 Å². The Morgan fingerprint density at radius 1 is 1.04 bits per heavy atom. The molecule has 2 N–H and O–H groups in total. The fourth-order valence-electron chi connectivity index (χ4n) is 2.17. The lowest BCUT2D eigenvalue weighted by Crippen LogP contribution is -2.41. The van der Waals surface area contributed by atoms with Crippen molar-refractivity contribution in [2.45, 2.75) is 12.8 Å². The van der Waals surface area contributed by atoms with Crippen LogP contribution in [0.4, 0.5) is 4.39 Å². The highest BCUT2D eigenvalue weighted by Gasteiger charge is 2.12. The Hall–Kier alpha value is -2.93. The van der Waals surface area contributed by atoms with E-state index in [4.69, 9.17) is 4.42 Å². The fourth-order valence-corrected chi connectivity index (χ4v) is 3.08. The average molecular weight is 358 g/mol. The van der Waals surface area contributed by atoms with Crippen LogP contribution in [0.1, 0.15) is 21.9 Å². The van der Waals surface area contributed by atoms with Crippen LogP contribution in [0.15, 0.2) is 59.2 Å². The summed E-state index contributed by atoms with van der Waals surface area (Å²) in [5.41, 5.74) is 5.59. The molecule has 5 nitrogen and oxygen atoms in total. The van der Waals surface area contributed by atoms with Gasteiger partial charge in [0.2, 0.25) is 5.91 Å². The predicted molar refractivity (Wildman–Crippen MR) is 92.4 cm³/mol. The third kappa shape index (κ3) is 4.54. The summed E-state index contributed by atoms with van der Waals surface area (Å²) < 4.78 is 18.1. The number of nitrogens with one attached hydrogen (secondary N) is 2. The number of carbonyl (C=O) groups is 2. The number of aryl methyl sites for hydroxylation is 1. The first-order chi connectivity index (χ1) is 12.1. The number of carbonyl (C=O) groups excluding carboxylic acids is 2. The monoisotopic (exact) mass is 358 g/mol. The Labute approximate surface area is 147 Å². The number of amides is 2. The molecule has 0 unspecified atom stereocenters. The van der Waals surface area contributed by atoms with Crippen molar-refractivity contribution in [2.24, 2.45) is 0 Å². The van der Waals surface area contributed by atoms with E-state index >= 15 is 0 Å². The summed E-state index contributed by atoms with van der Waals surface area (Å²) >= 11 is 1.26. The SMILES string of the molecule is O=C(CCc1ccco1)NNC(=O)c1ccc(-c2ccc(F)cc2)s1. The maximum Gasteiger partial charge on any atom is 0.279 e. The van der Waals surface area contributed by atoms with E-state index in [1.807, 2.05) is 0 Å². The van der Waals surface area contributed by atoms with Crippen LogP contribution >= 0.6 is 11.3 Å². The van der Waals surface area contributed by atoms with Crippen molar-refractivity contribution in [1.29, 1.82) is 0 Å². The van der Waals surface area contributed by atoms with Crippen molar-refractivity contribution in [3.05, 3.63) is 71.2 Å². The zero-order valence-corrected chi connectivity index (χ0v) is 13.9. The topological polar surface area (TPSA) is 71.3 Å². The lowest BCUT2D eigenvalue weighted by atomic mass is 10.2. The minimum atomic E-state index is -0.398. The summed E-state index contributed by atoms with van der Waals surface area (Å²) in [6.45, 7) is 0. The van der Waals surface area contributed by atoms with E-state index in [0.717, 1.165) is 10.4 Å². The highest BCUT2D eigenvalue weighted by molar-refractivity contribution is 7.17. The molecular formula is C18H15FN2O3S. The average Bonchev–Trinajstić information content (AvgIpc) is 3.30. The number of halogens is 1. The third-order valence-corrected chi connectivity index (χ3v) is 4.59. The fraction of sp³-hybridized carbons (Fsp3) is 0.111. The summed E-state index contributed by atoms with van der Waals surface area (Å²) in [5, 5.41) is 0. The maximum absolute atomic E-state index is 13.0. The van der Waals surface area contributed by atoms with Gasteiger partial charge in [-0.3, -0.25) is 20.4 Å². The van der Waals surface area contributed by atoms with Gasteiger partial charge in [0, 0.05) is 17.7 Å². The molecule has 2 heterocycles. The number of hydrazine groups is 1. The minimum Gasteiger partial charge on any atom is -0.469 e. The summed E-state index contributed by atoms with van der Waals surface area (Å²) in [4.78, 5) is 25.1. The van der Waals surface area contributed by atoms with E-state index in [1.165, 1.54) is 23.5 Å². The lowest BCUT2D eigenvalue weighted by Gasteiger charge is -2.05. The van der Waals surface area contributed by atoms with E-state index in [2.05, 4.69) is 10.9 Å². The minimum absolute atomic E-state index is 0.207. The summed E-state index contributed by atoms with van der Waals surface area (Å²) in [5.74, 6) is -0.302. The van der Waals surface area contributed by atoms with Crippen LogP contribution < -0.4 is 10.9 Å². The first-order valence-electron chi connectivity index (χ1n) is 7.59. The Morgan fingerprint density at radius 2 is 1.84 bits per heavy atom. The van der Waals surface area contributed by atoms with Gasteiger partial charge in [-0.1, -0.05) is 12.1 Å². The summed E-state index contributed by atoms with van der Waals surface area (Å²) in [6.07, 6.45) is 2.21. The van der Waals surface area contributed by atoms with Gasteiger partial charge in [0.1, 0.15) is 11.6 Å². The second-order valence-electron chi connectivity index (χ2n) is 5.25. The normalized spacial score (nSPS) is 10.4. The molecule has 0 bridgehead atoms. The largest absolute Gasteiger partial charge is 0.469 e. The van der Waals surface area contributed by atoms with Gasteiger partial charge in [-0.25, -0.2) is 4.39 Å². The lowest BCUT2D eigenvalue weighted by molar-refractivity contribution is -0.121. The molecule has 0 aliphatic heterocycles. The zero-order chi connectivity index (χ0) is 17.6. The molecule has 1 aromatic carbocycles. The second kappa shape index (κ2) is 7.76. The van der Waals surface area contributed by atoms with Crippen LogP contribution in [0, 0.1) is 5.82 Å². The summed E-state index contributed by atoms with van der Waals surface area (Å²) in [6, 6.07) is 13.0. The van der Waals surface area contributed by atoms with Gasteiger partial charge in [-0.15, -0.1) is 11.3 Å². The number of thiophene rings is 1. The van der Waals surface area contributed by atoms with E-state index in [9.17, 15) is 14.0 Å². The van der Waals surface area contributed by atoms with Crippen molar-refractivity contribution in [3.63, 3.8) is 0 Å². The Bertz CT molecular complexity index is 857. The van der Waals surface area contributed by atoms with Crippen LogP contribution in [-0.4, -0.2) is 11.8 Å². The second-order valence-corrected chi connectivity index (χ2v) is 6.34. The molecule has 0 spiro atoms. The van der Waals surface area contributed by atoms with Crippen LogP contribution in [0.25, 0.3) is 10.4 Å². The van der Waals surface area contributed by atoms with Crippen LogP contribution in [0.2, 0.25) is 0 Å². The number of benzene rings is 1. The van der Waals surface area contributed by atoms with Gasteiger partial charge < -0.3 is 4.42 Å². The molecule has 2 aromatic heterocycles. The predicted octanol–water partition coefficient (Wildman–Crippen LogP) is 3.54. The zero-order valence-electron chi connectivity index (χ0n) is 13.1. The van der Waals surface area contributed by atoms with E-state index in [0.29, 0.717) is 17.1 Å². The van der Waals surface area contributed by atoms with Crippen molar-refractivity contribution < 1.29 is 18.4 Å². The third-order valence-electron chi connectivity index (χ3n) is 3.45. The highest BCUT2D eigenvalue weighted by atomic mass is 32.1. The molecule has 0 saturated carbocycles. The Kier molecular flexibility index (Phi) is 5.25. The Balaban J connectivity index is 1.51. The van der Waals surface area contributed by atoms with Gasteiger partial charge in [0.05, 0.1) is 11.1 Å².